The van der Waals surface area contributed by atoms with Crippen LogP contribution in [-0.4, -0.2) is 77.6 Å². The first-order valence-corrected chi connectivity index (χ1v) is 8.88. The minimum atomic E-state index is -4.21. The number of phenolic OH excluding ortho intramolecular Hbond substituents is 3. The number of ketones is 2. The van der Waals surface area contributed by atoms with Crippen LogP contribution < -0.4 is 4.74 Å². The van der Waals surface area contributed by atoms with Crippen molar-refractivity contribution in [1.29, 1.82) is 0 Å². The maximum atomic E-state index is 12.9. The first-order valence-electron chi connectivity index (χ1n) is 8.88. The van der Waals surface area contributed by atoms with E-state index in [1.165, 1.54) is 6.07 Å². The molecule has 0 bridgehead atoms. The number of phenols is 3. The predicted octanol–water partition coefficient (Wildman–Crippen LogP) is -0.0914. The molecule has 2 unspecified atom stereocenters. The van der Waals surface area contributed by atoms with Crippen LogP contribution >= 0.6 is 0 Å². The minimum Gasteiger partial charge on any atom is -0.504 e. The quantitative estimate of drug-likeness (QED) is 0.112. The van der Waals surface area contributed by atoms with Crippen molar-refractivity contribution in [2.45, 2.75) is 11.2 Å². The highest BCUT2D eigenvalue weighted by Gasteiger charge is 2.69. The van der Waals surface area contributed by atoms with Gasteiger partial charge in [-0.05, 0) is 42.0 Å². The van der Waals surface area contributed by atoms with Crippen molar-refractivity contribution in [1.82, 2.24) is 0 Å². The predicted molar refractivity (Wildman–Crippen MR) is 108 cm³/mol. The van der Waals surface area contributed by atoms with E-state index in [-0.39, 0.29) is 11.3 Å². The van der Waals surface area contributed by atoms with Gasteiger partial charge in [-0.3, -0.25) is 9.59 Å². The van der Waals surface area contributed by atoms with Crippen molar-refractivity contribution >= 4 is 29.6 Å². The number of carbonyl (C=O) groups excluding carboxylic acids is 2. The number of aromatic hydroxyl groups is 3. The molecule has 0 radical (unpaired) electrons. The number of carbonyl (C=O) groups is 4. The Balaban J connectivity index is 2.60. The number of hydrogen-bond donors (Lipinski definition) is 7. The van der Waals surface area contributed by atoms with Gasteiger partial charge in [-0.15, -0.1) is 0 Å². The fourth-order valence-corrected chi connectivity index (χ4v) is 2.82. The summed E-state index contributed by atoms with van der Waals surface area (Å²) in [5, 5.41) is 68.7. The van der Waals surface area contributed by atoms with Crippen molar-refractivity contribution in [2.75, 3.05) is 7.11 Å². The molecule has 0 aliphatic rings. The third-order valence-corrected chi connectivity index (χ3v) is 4.70. The Morgan fingerprint density at radius 2 is 1.39 bits per heavy atom. The number of carboxylic acids is 2. The average Bonchev–Trinajstić information content (AvgIpc) is 2.77. The highest BCUT2D eigenvalue weighted by Crippen LogP contribution is 2.33. The van der Waals surface area contributed by atoms with Crippen molar-refractivity contribution in [3.05, 3.63) is 53.6 Å². The van der Waals surface area contributed by atoms with Gasteiger partial charge in [-0.1, -0.05) is 12.1 Å². The highest BCUT2D eigenvalue weighted by molar-refractivity contribution is 6.27. The molecule has 0 saturated heterocycles. The average molecular weight is 462 g/mol. The zero-order valence-corrected chi connectivity index (χ0v) is 16.8. The van der Waals surface area contributed by atoms with E-state index in [9.17, 15) is 54.9 Å². The molecular weight excluding hydrogens is 444 g/mol. The van der Waals surface area contributed by atoms with E-state index >= 15 is 0 Å². The summed E-state index contributed by atoms with van der Waals surface area (Å²) in [6.45, 7) is 0. The van der Waals surface area contributed by atoms with Gasteiger partial charge in [-0.2, -0.15) is 0 Å². The summed E-state index contributed by atoms with van der Waals surface area (Å²) in [6, 6.07) is 5.63. The van der Waals surface area contributed by atoms with E-state index in [1.807, 2.05) is 0 Å². The molecule has 2 aromatic carbocycles. The Bertz CT molecular complexity index is 1170. The van der Waals surface area contributed by atoms with E-state index in [2.05, 4.69) is 0 Å². The SMILES string of the molecule is COc1cc(C(=O)C(O)(C(=O)O)C(O)(C(=O)O)C(=O)/C=C/c2ccc(O)c(O)c2)ccc1O. The first kappa shape index (κ1) is 24.8. The molecule has 0 saturated carbocycles. The second kappa shape index (κ2) is 8.98. The number of Topliss-reactive ketones (excluding diaryl/α,β-unsaturated/α-hetero) is 1. The summed E-state index contributed by atoms with van der Waals surface area (Å²) in [7, 11) is 1.09. The maximum absolute atomic E-state index is 12.9. The third-order valence-electron chi connectivity index (χ3n) is 4.70. The molecule has 0 heterocycles. The normalized spacial score (nSPS) is 14.8. The summed E-state index contributed by atoms with van der Waals surface area (Å²) in [4.78, 5) is 49.2. The van der Waals surface area contributed by atoms with Gasteiger partial charge in [0.05, 0.1) is 7.11 Å². The Morgan fingerprint density at radius 3 is 1.91 bits per heavy atom. The van der Waals surface area contributed by atoms with Gasteiger partial charge in [0.25, 0.3) is 11.2 Å². The summed E-state index contributed by atoms with van der Waals surface area (Å²) in [6.07, 6.45) is 1.21. The molecule has 174 valence electrons. The van der Waals surface area contributed by atoms with Crippen LogP contribution in [0, 0.1) is 0 Å². The van der Waals surface area contributed by atoms with Gasteiger partial charge in [0.15, 0.2) is 23.0 Å². The monoisotopic (exact) mass is 462 g/mol. The van der Waals surface area contributed by atoms with E-state index < -0.39 is 57.5 Å². The smallest absolute Gasteiger partial charge is 0.348 e. The van der Waals surface area contributed by atoms with Crippen molar-refractivity contribution in [3.8, 4) is 23.0 Å². The van der Waals surface area contributed by atoms with Crippen LogP contribution in [0.5, 0.6) is 23.0 Å². The van der Waals surface area contributed by atoms with Crippen LogP contribution in [0.3, 0.4) is 0 Å². The van der Waals surface area contributed by atoms with E-state index in [0.29, 0.717) is 6.08 Å². The molecule has 0 spiro atoms. The van der Waals surface area contributed by atoms with Crippen molar-refractivity contribution < 1.29 is 59.7 Å². The van der Waals surface area contributed by atoms with Gasteiger partial charge < -0.3 is 40.5 Å². The second-order valence-corrected chi connectivity index (χ2v) is 6.69. The molecular formula is C21H18O12. The lowest BCUT2D eigenvalue weighted by molar-refractivity contribution is -0.196. The third kappa shape index (κ3) is 4.20. The molecule has 2 atom stereocenters. The topological polar surface area (TPSA) is 219 Å². The van der Waals surface area contributed by atoms with Crippen LogP contribution in [0.2, 0.25) is 0 Å². The number of carboxylic acid groups (broad SMARTS) is 2. The summed E-state index contributed by atoms with van der Waals surface area (Å²) >= 11 is 0. The van der Waals surface area contributed by atoms with Gasteiger partial charge in [-0.25, -0.2) is 9.59 Å². The fourth-order valence-electron chi connectivity index (χ4n) is 2.82. The molecule has 2 rings (SSSR count). The number of methoxy groups -OCH3 is 1. The maximum Gasteiger partial charge on any atom is 0.348 e. The Labute approximate surface area is 184 Å². The molecule has 33 heavy (non-hydrogen) atoms. The molecule has 12 heteroatoms. The highest BCUT2D eigenvalue weighted by atomic mass is 16.5. The lowest BCUT2D eigenvalue weighted by Crippen LogP contribution is -2.71. The summed E-state index contributed by atoms with van der Waals surface area (Å²) in [5.74, 6) is -10.8. The molecule has 0 aliphatic carbocycles. The van der Waals surface area contributed by atoms with E-state index in [1.54, 1.807) is 0 Å². The van der Waals surface area contributed by atoms with Crippen molar-refractivity contribution in [2.24, 2.45) is 0 Å². The second-order valence-electron chi connectivity index (χ2n) is 6.69. The van der Waals surface area contributed by atoms with Crippen LogP contribution in [0.15, 0.2) is 42.5 Å². The zero-order chi connectivity index (χ0) is 25.1. The number of hydrogen-bond acceptors (Lipinski definition) is 10. The molecule has 2 aromatic rings. The Morgan fingerprint density at radius 1 is 0.818 bits per heavy atom. The lowest BCUT2D eigenvalue weighted by atomic mass is 9.74. The van der Waals surface area contributed by atoms with Gasteiger partial charge in [0.1, 0.15) is 0 Å². The van der Waals surface area contributed by atoms with Gasteiger partial charge in [0.2, 0.25) is 11.6 Å². The molecule has 7 N–H and O–H groups in total. The summed E-state index contributed by atoms with van der Waals surface area (Å²) in [5.41, 5.74) is -9.09. The fraction of sp³-hybridized carbons (Fsp3) is 0.143. The molecule has 0 fully saturated rings. The molecule has 0 aromatic heterocycles. The zero-order valence-electron chi connectivity index (χ0n) is 16.8. The Hall–Kier alpha value is -4.42. The van der Waals surface area contributed by atoms with Crippen molar-refractivity contribution in [3.63, 3.8) is 0 Å². The number of aliphatic hydroxyl groups is 2. The lowest BCUT2D eigenvalue weighted by Gasteiger charge is -2.33. The van der Waals surface area contributed by atoms with Crippen LogP contribution in [0.1, 0.15) is 15.9 Å². The van der Waals surface area contributed by atoms with Gasteiger partial charge in [0, 0.05) is 5.56 Å². The number of rotatable bonds is 9. The summed E-state index contributed by atoms with van der Waals surface area (Å²) < 4.78 is 4.77. The Kier molecular flexibility index (Phi) is 6.76. The van der Waals surface area contributed by atoms with Crippen LogP contribution in [0.4, 0.5) is 0 Å². The van der Waals surface area contributed by atoms with Crippen LogP contribution in [0.25, 0.3) is 6.08 Å². The minimum absolute atomic E-state index is 0.0138. The van der Waals surface area contributed by atoms with E-state index in [0.717, 1.165) is 43.5 Å². The number of benzene rings is 2. The standard InChI is InChI=1S/C21H18O12/c1-33-15-9-11(4-6-13(15)23)17(26)21(32,19(29)30)20(31,18(27)28)16(25)7-3-10-2-5-12(22)14(24)8-10/h2-9,22-24,31-32H,1H3,(H,27,28)(H,29,30)/b7-3+. The van der Waals surface area contributed by atoms with E-state index in [4.69, 9.17) is 4.74 Å². The van der Waals surface area contributed by atoms with Gasteiger partial charge >= 0.3 is 11.9 Å². The van der Waals surface area contributed by atoms with Crippen LogP contribution in [-0.2, 0) is 14.4 Å². The number of aliphatic carboxylic acids is 2. The first-order chi connectivity index (χ1) is 15.3. The largest absolute Gasteiger partial charge is 0.504 e. The molecule has 0 amide bonds. The number of ether oxygens (including phenoxy) is 1. The molecule has 12 nitrogen and oxygen atoms in total. The molecule has 0 aliphatic heterocycles.